The van der Waals surface area contributed by atoms with Crippen molar-refractivity contribution in [3.8, 4) is 10.4 Å². The maximum atomic E-state index is 6.24. The number of fused-ring (bicyclic) bond motifs is 1. The van der Waals surface area contributed by atoms with Gasteiger partial charge in [0.1, 0.15) is 0 Å². The molecule has 5 heteroatoms. The summed E-state index contributed by atoms with van der Waals surface area (Å²) in [4.78, 5) is 10.0. The third kappa shape index (κ3) is 3.01. The lowest BCUT2D eigenvalue weighted by atomic mass is 10.1. The number of hydrogen-bond acceptors (Lipinski definition) is 4. The Bertz CT molecular complexity index is 767. The number of pyridine rings is 1. The topological polar surface area (TPSA) is 37.8 Å². The Labute approximate surface area is 133 Å². The average molecular weight is 318 g/mol. The lowest BCUT2D eigenvalue weighted by molar-refractivity contribution is 0.688. The SMILES string of the molecule is CC(C)CNc1ncc(-c2ccc(Cl)c3cccnc23)s1. The molecule has 108 valence electrons. The molecule has 2 heterocycles. The quantitative estimate of drug-likeness (QED) is 0.729. The van der Waals surface area contributed by atoms with Crippen molar-refractivity contribution in [1.82, 2.24) is 9.97 Å². The van der Waals surface area contributed by atoms with Crippen molar-refractivity contribution in [3.05, 3.63) is 41.7 Å². The summed E-state index contributed by atoms with van der Waals surface area (Å²) < 4.78 is 0. The van der Waals surface area contributed by atoms with E-state index in [1.807, 2.05) is 30.5 Å². The van der Waals surface area contributed by atoms with Crippen molar-refractivity contribution >= 4 is 39.0 Å². The van der Waals surface area contributed by atoms with Crippen LogP contribution in [0.25, 0.3) is 21.3 Å². The number of nitrogens with one attached hydrogen (secondary N) is 1. The lowest BCUT2D eigenvalue weighted by Crippen LogP contribution is -2.07. The van der Waals surface area contributed by atoms with Gasteiger partial charge in [-0.15, -0.1) is 0 Å². The second-order valence-corrected chi connectivity index (χ2v) is 6.74. The molecule has 3 aromatic rings. The summed E-state index contributed by atoms with van der Waals surface area (Å²) >= 11 is 7.89. The van der Waals surface area contributed by atoms with Crippen LogP contribution in [0.2, 0.25) is 5.02 Å². The zero-order valence-corrected chi connectivity index (χ0v) is 13.5. The second kappa shape index (κ2) is 6.00. The van der Waals surface area contributed by atoms with Gasteiger partial charge in [-0.1, -0.05) is 36.8 Å². The summed E-state index contributed by atoms with van der Waals surface area (Å²) in [6, 6.07) is 7.83. The molecular formula is C16H16ClN3S. The number of hydrogen-bond donors (Lipinski definition) is 1. The maximum absolute atomic E-state index is 6.24. The Morgan fingerprint density at radius 2 is 2.10 bits per heavy atom. The predicted molar refractivity (Wildman–Crippen MR) is 91.2 cm³/mol. The third-order valence-corrected chi connectivity index (χ3v) is 4.47. The zero-order valence-electron chi connectivity index (χ0n) is 11.9. The molecule has 21 heavy (non-hydrogen) atoms. The fraction of sp³-hybridized carbons (Fsp3) is 0.250. The number of nitrogens with zero attached hydrogens (tertiary/aromatic N) is 2. The molecule has 0 aliphatic heterocycles. The molecule has 1 aromatic carbocycles. The van der Waals surface area contributed by atoms with E-state index in [1.165, 1.54) is 0 Å². The van der Waals surface area contributed by atoms with Gasteiger partial charge in [0.05, 0.1) is 15.4 Å². The maximum Gasteiger partial charge on any atom is 0.183 e. The van der Waals surface area contributed by atoms with Gasteiger partial charge in [-0.2, -0.15) is 0 Å². The van der Waals surface area contributed by atoms with E-state index in [4.69, 9.17) is 11.6 Å². The minimum absolute atomic E-state index is 0.593. The van der Waals surface area contributed by atoms with Gasteiger partial charge in [-0.25, -0.2) is 4.98 Å². The number of anilines is 1. The molecule has 0 saturated heterocycles. The van der Waals surface area contributed by atoms with E-state index in [0.29, 0.717) is 5.92 Å². The Hall–Kier alpha value is -1.65. The molecule has 0 bridgehead atoms. The van der Waals surface area contributed by atoms with E-state index in [0.717, 1.165) is 38.0 Å². The molecule has 3 nitrogen and oxygen atoms in total. The monoisotopic (exact) mass is 317 g/mol. The van der Waals surface area contributed by atoms with Gasteiger partial charge in [0.15, 0.2) is 5.13 Å². The third-order valence-electron chi connectivity index (χ3n) is 3.15. The minimum atomic E-state index is 0.593. The van der Waals surface area contributed by atoms with Crippen LogP contribution in [0.3, 0.4) is 0 Å². The van der Waals surface area contributed by atoms with E-state index in [1.54, 1.807) is 17.5 Å². The van der Waals surface area contributed by atoms with Gasteiger partial charge < -0.3 is 5.32 Å². The van der Waals surface area contributed by atoms with E-state index < -0.39 is 0 Å². The van der Waals surface area contributed by atoms with Gasteiger partial charge in [0, 0.05) is 29.9 Å². The fourth-order valence-corrected chi connectivity index (χ4v) is 3.17. The first-order valence-corrected chi connectivity index (χ1v) is 8.08. The summed E-state index contributed by atoms with van der Waals surface area (Å²) in [6.45, 7) is 5.28. The molecule has 1 N–H and O–H groups in total. The van der Waals surface area contributed by atoms with Crippen molar-refractivity contribution in [1.29, 1.82) is 0 Å². The van der Waals surface area contributed by atoms with Gasteiger partial charge in [0.2, 0.25) is 0 Å². The lowest BCUT2D eigenvalue weighted by Gasteiger charge is -2.05. The van der Waals surface area contributed by atoms with Crippen LogP contribution in [0.1, 0.15) is 13.8 Å². The van der Waals surface area contributed by atoms with Crippen molar-refractivity contribution in [3.63, 3.8) is 0 Å². The fourth-order valence-electron chi connectivity index (χ4n) is 2.11. The average Bonchev–Trinajstić information content (AvgIpc) is 2.94. The normalized spacial score (nSPS) is 11.2. The number of halogens is 1. The number of thiazole rings is 1. The summed E-state index contributed by atoms with van der Waals surface area (Å²) in [5.41, 5.74) is 1.99. The molecule has 0 atom stereocenters. The highest BCUT2D eigenvalue weighted by molar-refractivity contribution is 7.19. The second-order valence-electron chi connectivity index (χ2n) is 5.30. The van der Waals surface area contributed by atoms with Gasteiger partial charge in [-0.3, -0.25) is 4.98 Å². The smallest absolute Gasteiger partial charge is 0.183 e. The van der Waals surface area contributed by atoms with E-state index in [9.17, 15) is 0 Å². The summed E-state index contributed by atoms with van der Waals surface area (Å²) in [6.07, 6.45) is 3.69. The summed E-state index contributed by atoms with van der Waals surface area (Å²) in [5.74, 6) is 0.593. The van der Waals surface area contributed by atoms with Crippen LogP contribution in [-0.2, 0) is 0 Å². The largest absolute Gasteiger partial charge is 0.361 e. The Morgan fingerprint density at radius 1 is 1.24 bits per heavy atom. The van der Waals surface area contributed by atoms with Crippen molar-refractivity contribution in [2.45, 2.75) is 13.8 Å². The van der Waals surface area contributed by atoms with Crippen molar-refractivity contribution in [2.75, 3.05) is 11.9 Å². The minimum Gasteiger partial charge on any atom is -0.361 e. The van der Waals surface area contributed by atoms with Gasteiger partial charge >= 0.3 is 0 Å². The van der Waals surface area contributed by atoms with E-state index in [-0.39, 0.29) is 0 Å². The Morgan fingerprint density at radius 3 is 2.90 bits per heavy atom. The molecule has 0 amide bonds. The van der Waals surface area contributed by atoms with Crippen LogP contribution < -0.4 is 5.32 Å². The predicted octanol–water partition coefficient (Wildman–Crippen LogP) is 5.08. The molecule has 0 saturated carbocycles. The standard InChI is InChI=1S/C16H16ClN3S/c1-10(2)8-19-16-20-9-14(21-16)12-5-6-13(17)11-4-3-7-18-15(11)12/h3-7,9-10H,8H2,1-2H3,(H,19,20). The van der Waals surface area contributed by atoms with Crippen LogP contribution in [-0.4, -0.2) is 16.5 Å². The highest BCUT2D eigenvalue weighted by Gasteiger charge is 2.11. The van der Waals surface area contributed by atoms with E-state index in [2.05, 4.69) is 29.1 Å². The van der Waals surface area contributed by atoms with Crippen LogP contribution >= 0.6 is 22.9 Å². The highest BCUT2D eigenvalue weighted by atomic mass is 35.5. The van der Waals surface area contributed by atoms with Gasteiger partial charge in [-0.05, 0) is 30.2 Å². The molecule has 0 aliphatic rings. The Balaban J connectivity index is 1.99. The molecule has 0 aliphatic carbocycles. The number of rotatable bonds is 4. The van der Waals surface area contributed by atoms with Crippen molar-refractivity contribution < 1.29 is 0 Å². The molecule has 3 rings (SSSR count). The molecule has 0 spiro atoms. The van der Waals surface area contributed by atoms with Crippen LogP contribution in [0, 0.1) is 5.92 Å². The Kier molecular flexibility index (Phi) is 4.08. The van der Waals surface area contributed by atoms with Crippen LogP contribution in [0.4, 0.5) is 5.13 Å². The highest BCUT2D eigenvalue weighted by Crippen LogP contribution is 2.35. The first kappa shape index (κ1) is 14.3. The summed E-state index contributed by atoms with van der Waals surface area (Å²) in [5, 5.41) is 6.00. The molecule has 2 aromatic heterocycles. The molecule has 0 fully saturated rings. The number of aromatic nitrogens is 2. The molecule has 0 unspecified atom stereocenters. The van der Waals surface area contributed by atoms with Crippen molar-refractivity contribution in [2.24, 2.45) is 5.92 Å². The van der Waals surface area contributed by atoms with Crippen LogP contribution in [0.5, 0.6) is 0 Å². The first-order chi connectivity index (χ1) is 10.1. The number of benzene rings is 1. The molecular weight excluding hydrogens is 302 g/mol. The molecule has 0 radical (unpaired) electrons. The first-order valence-electron chi connectivity index (χ1n) is 6.88. The zero-order chi connectivity index (χ0) is 14.8. The van der Waals surface area contributed by atoms with Crippen LogP contribution in [0.15, 0.2) is 36.7 Å². The summed E-state index contributed by atoms with van der Waals surface area (Å²) in [7, 11) is 0. The van der Waals surface area contributed by atoms with Gasteiger partial charge in [0.25, 0.3) is 0 Å². The van der Waals surface area contributed by atoms with E-state index >= 15 is 0 Å².